The highest BCUT2D eigenvalue weighted by Crippen LogP contribution is 2.40. The van der Waals surface area contributed by atoms with E-state index in [1.54, 1.807) is 42.7 Å². The molecule has 16 nitrogen and oxygen atoms in total. The molecule has 0 unspecified atom stereocenters. The van der Waals surface area contributed by atoms with E-state index in [-0.39, 0.29) is 10.6 Å². The van der Waals surface area contributed by atoms with Crippen LogP contribution in [0.15, 0.2) is 36.9 Å². The number of imidazole rings is 2. The molecular formula is C40H48Cl2N10O6. The van der Waals surface area contributed by atoms with Crippen molar-refractivity contribution in [2.45, 2.75) is 76.5 Å². The monoisotopic (exact) mass is 834 g/mol. The first kappa shape index (κ1) is 40.7. The quantitative estimate of drug-likeness (QED) is 0.100. The van der Waals surface area contributed by atoms with Gasteiger partial charge in [-0.2, -0.15) is 19.9 Å². The van der Waals surface area contributed by atoms with Gasteiger partial charge >= 0.3 is 0 Å². The van der Waals surface area contributed by atoms with Crippen molar-refractivity contribution < 1.29 is 28.4 Å². The summed E-state index contributed by atoms with van der Waals surface area (Å²) in [5.41, 5.74) is 4.85. The normalized spacial score (nSPS) is 14.3. The number of halogens is 2. The largest absolute Gasteiger partial charge is 0.493 e. The Hall–Kier alpha value is -5.48. The summed E-state index contributed by atoms with van der Waals surface area (Å²) >= 11 is 12.4. The second-order valence-electron chi connectivity index (χ2n) is 14.0. The molecule has 2 aromatic carbocycles. The van der Waals surface area contributed by atoms with E-state index in [0.717, 1.165) is 48.1 Å². The summed E-state index contributed by atoms with van der Waals surface area (Å²) in [7, 11) is 9.54. The second kappa shape index (κ2) is 18.4. The van der Waals surface area contributed by atoms with Gasteiger partial charge in [0.2, 0.25) is 22.1 Å². The van der Waals surface area contributed by atoms with E-state index in [1.807, 2.05) is 36.9 Å². The number of anilines is 2. The van der Waals surface area contributed by atoms with Crippen molar-refractivity contribution in [3.8, 4) is 34.5 Å². The van der Waals surface area contributed by atoms with Crippen LogP contribution in [0.2, 0.25) is 10.6 Å². The van der Waals surface area contributed by atoms with Gasteiger partial charge in [-0.25, -0.2) is 9.97 Å². The highest BCUT2D eigenvalue weighted by atomic mass is 35.5. The van der Waals surface area contributed by atoms with Gasteiger partial charge in [-0.15, -0.1) is 0 Å². The number of aromatic nitrogens is 8. The molecule has 8 rings (SSSR count). The summed E-state index contributed by atoms with van der Waals surface area (Å²) < 4.78 is 36.7. The van der Waals surface area contributed by atoms with Gasteiger partial charge in [-0.05, 0) is 84.3 Å². The fraction of sp³-hybridized carbons (Fsp3) is 0.450. The second-order valence-corrected chi connectivity index (χ2v) is 14.7. The molecule has 2 saturated carbocycles. The molecule has 2 aliphatic rings. The van der Waals surface area contributed by atoms with Crippen LogP contribution in [0, 0.1) is 0 Å². The Morgan fingerprint density at radius 2 is 0.879 bits per heavy atom. The highest BCUT2D eigenvalue weighted by molar-refractivity contribution is 6.29. The van der Waals surface area contributed by atoms with E-state index in [4.69, 9.17) is 51.6 Å². The number of nitrogens with zero attached hydrogens (tertiary/aromatic N) is 8. The molecule has 6 aromatic rings. The van der Waals surface area contributed by atoms with Crippen LogP contribution in [-0.2, 0) is 13.1 Å². The smallest absolute Gasteiger partial charge is 0.226 e. The lowest BCUT2D eigenvalue weighted by molar-refractivity contribution is 0.324. The van der Waals surface area contributed by atoms with Gasteiger partial charge in [0.15, 0.2) is 57.0 Å². The zero-order chi connectivity index (χ0) is 40.8. The first-order chi connectivity index (χ1) is 28.3. The third kappa shape index (κ3) is 8.53. The van der Waals surface area contributed by atoms with E-state index < -0.39 is 0 Å². The molecule has 58 heavy (non-hydrogen) atoms. The van der Waals surface area contributed by atoms with Crippen LogP contribution in [0.5, 0.6) is 34.5 Å². The van der Waals surface area contributed by atoms with Gasteiger partial charge < -0.3 is 48.2 Å². The fourth-order valence-corrected chi connectivity index (χ4v) is 8.10. The molecule has 4 heterocycles. The minimum absolute atomic E-state index is 0.199. The lowest BCUT2D eigenvalue weighted by atomic mass is 10.1. The first-order valence-corrected chi connectivity index (χ1v) is 19.9. The summed E-state index contributed by atoms with van der Waals surface area (Å²) in [5, 5.41) is 7.05. The predicted molar refractivity (Wildman–Crippen MR) is 223 cm³/mol. The minimum Gasteiger partial charge on any atom is -0.493 e. The molecule has 2 N–H and O–H groups in total. The van der Waals surface area contributed by atoms with Crippen LogP contribution in [0.25, 0.3) is 22.3 Å². The van der Waals surface area contributed by atoms with E-state index in [0.29, 0.717) is 82.3 Å². The SMILES string of the molecule is COc1cc(CNc2nc(Cl)nc3c2ncn3C2CCCC2)cc(OC)c1OC.COc1cc(CNc2nc(Cl)nc3c2ncn3C2CCCC2)cc(OC)c1OC. The van der Waals surface area contributed by atoms with E-state index in [1.165, 1.54) is 25.7 Å². The van der Waals surface area contributed by atoms with E-state index >= 15 is 0 Å². The van der Waals surface area contributed by atoms with E-state index in [9.17, 15) is 0 Å². The zero-order valence-electron chi connectivity index (χ0n) is 33.5. The maximum absolute atomic E-state index is 6.22. The number of benzene rings is 2. The molecule has 0 saturated heterocycles. The maximum atomic E-state index is 6.22. The molecule has 0 aliphatic heterocycles. The van der Waals surface area contributed by atoms with Gasteiger partial charge in [0.1, 0.15) is 0 Å². The Labute approximate surface area is 346 Å². The molecule has 0 amide bonds. The molecule has 0 spiro atoms. The molecule has 18 heteroatoms. The highest BCUT2D eigenvalue weighted by Gasteiger charge is 2.24. The number of fused-ring (bicyclic) bond motifs is 2. The minimum atomic E-state index is 0.199. The van der Waals surface area contributed by atoms with Crippen molar-refractivity contribution >= 4 is 57.2 Å². The summed E-state index contributed by atoms with van der Waals surface area (Å²) in [6.45, 7) is 0.963. The number of rotatable bonds is 14. The lowest BCUT2D eigenvalue weighted by Gasteiger charge is -2.15. The topological polar surface area (TPSA) is 167 Å². The standard InChI is InChI=1S/2C20H24ClN5O3/c2*1-27-14-8-12(9-15(28-2)17(14)29-3)10-22-18-16-19(25-20(21)24-18)26(11-23-16)13-6-4-5-7-13/h2*8-9,11,13H,4-7,10H2,1-3H3,(H,22,24,25). The average Bonchev–Trinajstić information content (AvgIpc) is 4.09. The number of hydrogen-bond donors (Lipinski definition) is 2. The number of hydrogen-bond acceptors (Lipinski definition) is 14. The first-order valence-electron chi connectivity index (χ1n) is 19.1. The predicted octanol–water partition coefficient (Wildman–Crippen LogP) is 8.47. The third-order valence-electron chi connectivity index (χ3n) is 10.6. The Morgan fingerprint density at radius 1 is 0.534 bits per heavy atom. The summed E-state index contributed by atoms with van der Waals surface area (Å²) in [6.07, 6.45) is 13.2. The van der Waals surface area contributed by atoms with Crippen molar-refractivity contribution in [1.29, 1.82) is 0 Å². The molecule has 4 aromatic heterocycles. The average molecular weight is 836 g/mol. The van der Waals surface area contributed by atoms with Crippen LogP contribution < -0.4 is 39.1 Å². The van der Waals surface area contributed by atoms with Gasteiger partial charge in [-0.1, -0.05) is 25.7 Å². The molecule has 0 atom stereocenters. The van der Waals surface area contributed by atoms with Gasteiger partial charge in [0.05, 0.1) is 55.3 Å². The summed E-state index contributed by atoms with van der Waals surface area (Å²) in [5.74, 6) is 4.71. The van der Waals surface area contributed by atoms with E-state index in [2.05, 4.69) is 49.7 Å². The third-order valence-corrected chi connectivity index (χ3v) is 10.9. The summed E-state index contributed by atoms with van der Waals surface area (Å²) in [6, 6.07) is 8.43. The fourth-order valence-electron chi connectivity index (χ4n) is 7.77. The van der Waals surface area contributed by atoms with Gasteiger partial charge in [-0.3, -0.25) is 0 Å². The Kier molecular flexibility index (Phi) is 12.9. The molecule has 0 bridgehead atoms. The van der Waals surface area contributed by atoms with Gasteiger partial charge in [0, 0.05) is 25.2 Å². The van der Waals surface area contributed by atoms with Crippen molar-refractivity contribution in [3.05, 3.63) is 58.6 Å². The van der Waals surface area contributed by atoms with Crippen LogP contribution in [0.4, 0.5) is 11.6 Å². The zero-order valence-corrected chi connectivity index (χ0v) is 35.0. The molecular weight excluding hydrogens is 787 g/mol. The maximum Gasteiger partial charge on any atom is 0.226 e. The molecule has 0 radical (unpaired) electrons. The Bertz CT molecular complexity index is 2150. The van der Waals surface area contributed by atoms with Crippen LogP contribution in [-0.4, -0.2) is 81.7 Å². The molecule has 308 valence electrons. The lowest BCUT2D eigenvalue weighted by Crippen LogP contribution is -2.07. The van der Waals surface area contributed by atoms with Crippen LogP contribution in [0.3, 0.4) is 0 Å². The number of methoxy groups -OCH3 is 6. The Balaban J connectivity index is 0.000000177. The van der Waals surface area contributed by atoms with Crippen LogP contribution in [0.1, 0.15) is 74.6 Å². The van der Waals surface area contributed by atoms with Crippen LogP contribution >= 0.6 is 23.2 Å². The van der Waals surface area contributed by atoms with Crippen molar-refractivity contribution in [3.63, 3.8) is 0 Å². The molecule has 2 fully saturated rings. The molecule has 2 aliphatic carbocycles. The van der Waals surface area contributed by atoms with Crippen molar-refractivity contribution in [1.82, 2.24) is 39.0 Å². The van der Waals surface area contributed by atoms with Crippen molar-refractivity contribution in [2.75, 3.05) is 53.3 Å². The summed E-state index contributed by atoms with van der Waals surface area (Å²) in [4.78, 5) is 26.7. The Morgan fingerprint density at radius 3 is 1.19 bits per heavy atom. The number of ether oxygens (including phenoxy) is 6. The van der Waals surface area contributed by atoms with Crippen molar-refractivity contribution in [2.24, 2.45) is 0 Å². The van der Waals surface area contributed by atoms with Gasteiger partial charge in [0.25, 0.3) is 0 Å². The number of nitrogens with one attached hydrogen (secondary N) is 2.